The van der Waals surface area contributed by atoms with Gasteiger partial charge >= 0.3 is 0 Å². The summed E-state index contributed by atoms with van der Waals surface area (Å²) in [5, 5.41) is 18.5. The average Bonchev–Trinajstić information content (AvgIpc) is 3.23. The van der Waals surface area contributed by atoms with Gasteiger partial charge in [-0.1, -0.05) is 48.5 Å². The van der Waals surface area contributed by atoms with Gasteiger partial charge in [0.1, 0.15) is 0 Å². The van der Waals surface area contributed by atoms with Crippen LogP contribution in [-0.4, -0.2) is 32.0 Å². The van der Waals surface area contributed by atoms with Crippen molar-refractivity contribution < 1.29 is 9.84 Å². The van der Waals surface area contributed by atoms with Crippen molar-refractivity contribution in [2.24, 2.45) is 0 Å². The summed E-state index contributed by atoms with van der Waals surface area (Å²) in [7, 11) is 1.51. The molecule has 2 aromatic heterocycles. The standard InChI is InChI=1S/C24H19N5O2/c1-31-22-12-11-18(13-21(22)30)27-24-25-14-17-15-26-29(23(17)28-24)20-10-6-5-9-19(20)16-7-3-2-4-8-16/h2-15,30H,1H3,(H,25,27,28). The number of ether oxygens (including phenoxy) is 1. The number of nitrogens with zero attached hydrogens (tertiary/aromatic N) is 4. The third-order valence-electron chi connectivity index (χ3n) is 4.96. The molecule has 7 heteroatoms. The SMILES string of the molecule is COc1ccc(Nc2ncc3cnn(-c4ccccc4-c4ccccc4)c3n2)cc1O. The number of methoxy groups -OCH3 is 1. The van der Waals surface area contributed by atoms with Crippen molar-refractivity contribution in [3.8, 4) is 28.3 Å². The van der Waals surface area contributed by atoms with Crippen molar-refractivity contribution in [3.05, 3.63) is 85.2 Å². The van der Waals surface area contributed by atoms with Gasteiger partial charge in [0.15, 0.2) is 17.1 Å². The number of anilines is 2. The summed E-state index contributed by atoms with van der Waals surface area (Å²) in [6, 6.07) is 23.3. The highest BCUT2D eigenvalue weighted by Crippen LogP contribution is 2.31. The van der Waals surface area contributed by atoms with Crippen LogP contribution in [0.4, 0.5) is 11.6 Å². The predicted octanol–water partition coefficient (Wildman–Crippen LogP) is 4.94. The van der Waals surface area contributed by atoms with E-state index < -0.39 is 0 Å². The molecule has 2 heterocycles. The molecule has 2 N–H and O–H groups in total. The highest BCUT2D eigenvalue weighted by Gasteiger charge is 2.13. The lowest BCUT2D eigenvalue weighted by atomic mass is 10.0. The minimum atomic E-state index is 0.0374. The summed E-state index contributed by atoms with van der Waals surface area (Å²) in [5.41, 5.74) is 4.41. The normalized spacial score (nSPS) is 10.9. The summed E-state index contributed by atoms with van der Waals surface area (Å²) in [5.74, 6) is 0.837. The highest BCUT2D eigenvalue weighted by molar-refractivity contribution is 5.81. The van der Waals surface area contributed by atoms with Crippen molar-refractivity contribution >= 4 is 22.7 Å². The van der Waals surface area contributed by atoms with Crippen molar-refractivity contribution in [2.75, 3.05) is 12.4 Å². The Morgan fingerprint density at radius 3 is 2.55 bits per heavy atom. The van der Waals surface area contributed by atoms with Gasteiger partial charge in [-0.25, -0.2) is 9.67 Å². The van der Waals surface area contributed by atoms with Crippen LogP contribution in [-0.2, 0) is 0 Å². The van der Waals surface area contributed by atoms with Crippen LogP contribution < -0.4 is 10.1 Å². The zero-order chi connectivity index (χ0) is 21.2. The fraction of sp³-hybridized carbons (Fsp3) is 0.0417. The number of phenolic OH excluding ortho intramolecular Hbond substituents is 1. The van der Waals surface area contributed by atoms with Crippen molar-refractivity contribution in [1.82, 2.24) is 19.7 Å². The smallest absolute Gasteiger partial charge is 0.229 e. The molecule has 152 valence electrons. The lowest BCUT2D eigenvalue weighted by Gasteiger charge is -2.11. The largest absolute Gasteiger partial charge is 0.504 e. The lowest BCUT2D eigenvalue weighted by Crippen LogP contribution is -2.02. The number of para-hydroxylation sites is 1. The molecule has 0 amide bonds. The number of aromatic hydroxyl groups is 1. The fourth-order valence-electron chi connectivity index (χ4n) is 3.47. The van der Waals surface area contributed by atoms with Gasteiger partial charge in [-0.2, -0.15) is 10.1 Å². The Morgan fingerprint density at radius 2 is 1.74 bits per heavy atom. The van der Waals surface area contributed by atoms with E-state index in [1.165, 1.54) is 7.11 Å². The molecule has 0 aliphatic carbocycles. The number of nitrogens with one attached hydrogen (secondary N) is 1. The Kier molecular flexibility index (Phi) is 4.68. The molecule has 3 aromatic carbocycles. The van der Waals surface area contributed by atoms with Crippen molar-refractivity contribution in [3.63, 3.8) is 0 Å². The highest BCUT2D eigenvalue weighted by atomic mass is 16.5. The van der Waals surface area contributed by atoms with Gasteiger partial charge in [0.25, 0.3) is 0 Å². The van der Waals surface area contributed by atoms with Crippen molar-refractivity contribution in [1.29, 1.82) is 0 Å². The summed E-state index contributed by atoms with van der Waals surface area (Å²) in [4.78, 5) is 9.05. The van der Waals surface area contributed by atoms with Crippen LogP contribution in [0.2, 0.25) is 0 Å². The molecule has 0 atom stereocenters. The Labute approximate surface area is 178 Å². The molecule has 0 bridgehead atoms. The molecule has 0 aliphatic rings. The van der Waals surface area contributed by atoms with Crippen LogP contribution in [0, 0.1) is 0 Å². The first kappa shape index (κ1) is 18.6. The second-order valence-corrected chi connectivity index (χ2v) is 6.92. The maximum Gasteiger partial charge on any atom is 0.229 e. The molecule has 0 spiro atoms. The Balaban J connectivity index is 1.56. The van der Waals surface area contributed by atoms with Crippen LogP contribution in [0.25, 0.3) is 27.8 Å². The minimum Gasteiger partial charge on any atom is -0.504 e. The van der Waals surface area contributed by atoms with Crippen LogP contribution in [0.5, 0.6) is 11.5 Å². The molecule has 0 unspecified atom stereocenters. The summed E-state index contributed by atoms with van der Waals surface area (Å²) < 4.78 is 6.90. The minimum absolute atomic E-state index is 0.0374. The molecule has 5 rings (SSSR count). The zero-order valence-electron chi connectivity index (χ0n) is 16.7. The van der Waals surface area contributed by atoms with E-state index in [1.54, 1.807) is 30.6 Å². The maximum atomic E-state index is 10.0. The number of aromatic nitrogens is 4. The molecule has 0 aliphatic heterocycles. The average molecular weight is 409 g/mol. The fourth-order valence-corrected chi connectivity index (χ4v) is 3.47. The van der Waals surface area contributed by atoms with Crippen molar-refractivity contribution in [2.45, 2.75) is 0 Å². The van der Waals surface area contributed by atoms with E-state index in [0.29, 0.717) is 23.0 Å². The lowest BCUT2D eigenvalue weighted by molar-refractivity contribution is 0.373. The number of rotatable bonds is 5. The molecular weight excluding hydrogens is 390 g/mol. The van der Waals surface area contributed by atoms with Crippen LogP contribution >= 0.6 is 0 Å². The third kappa shape index (κ3) is 3.53. The molecule has 0 saturated heterocycles. The quantitative estimate of drug-likeness (QED) is 0.428. The van der Waals surface area contributed by atoms with E-state index in [1.807, 2.05) is 41.1 Å². The van der Waals surface area contributed by atoms with Gasteiger partial charge < -0.3 is 15.2 Å². The van der Waals surface area contributed by atoms with Gasteiger partial charge in [0.2, 0.25) is 5.95 Å². The maximum absolute atomic E-state index is 10.0. The second kappa shape index (κ2) is 7.79. The van der Waals surface area contributed by atoms with E-state index in [4.69, 9.17) is 4.74 Å². The van der Waals surface area contributed by atoms with Crippen LogP contribution in [0.3, 0.4) is 0 Å². The Hall–Kier alpha value is -4.39. The second-order valence-electron chi connectivity index (χ2n) is 6.92. The van der Waals surface area contributed by atoms with Gasteiger partial charge in [-0.05, 0) is 23.8 Å². The molecule has 7 nitrogen and oxygen atoms in total. The van der Waals surface area contributed by atoms with Crippen LogP contribution in [0.1, 0.15) is 0 Å². The number of hydrogen-bond acceptors (Lipinski definition) is 6. The number of hydrogen-bond donors (Lipinski definition) is 2. The van der Waals surface area contributed by atoms with E-state index in [-0.39, 0.29) is 5.75 Å². The zero-order valence-corrected chi connectivity index (χ0v) is 16.7. The number of phenols is 1. The van der Waals surface area contributed by atoms with E-state index in [2.05, 4.69) is 38.6 Å². The van der Waals surface area contributed by atoms with E-state index in [9.17, 15) is 5.11 Å². The first-order chi connectivity index (χ1) is 15.2. The van der Waals surface area contributed by atoms with E-state index in [0.717, 1.165) is 22.2 Å². The summed E-state index contributed by atoms with van der Waals surface area (Å²) in [6.07, 6.45) is 3.47. The number of benzene rings is 3. The molecule has 0 radical (unpaired) electrons. The molecule has 31 heavy (non-hydrogen) atoms. The van der Waals surface area contributed by atoms with Gasteiger partial charge in [0.05, 0.1) is 24.4 Å². The molecule has 5 aromatic rings. The summed E-state index contributed by atoms with van der Waals surface area (Å²) in [6.45, 7) is 0. The monoisotopic (exact) mass is 409 g/mol. The Morgan fingerprint density at radius 1 is 0.935 bits per heavy atom. The third-order valence-corrected chi connectivity index (χ3v) is 4.96. The van der Waals surface area contributed by atoms with Gasteiger partial charge in [-0.3, -0.25) is 0 Å². The van der Waals surface area contributed by atoms with Gasteiger partial charge in [0, 0.05) is 23.5 Å². The topological polar surface area (TPSA) is 85.1 Å². The molecule has 0 saturated carbocycles. The summed E-state index contributed by atoms with van der Waals surface area (Å²) >= 11 is 0. The first-order valence-electron chi connectivity index (χ1n) is 9.72. The first-order valence-corrected chi connectivity index (χ1v) is 9.72. The predicted molar refractivity (Wildman–Crippen MR) is 120 cm³/mol. The van der Waals surface area contributed by atoms with E-state index >= 15 is 0 Å². The molecular formula is C24H19N5O2. The molecule has 0 fully saturated rings. The number of fused-ring (bicyclic) bond motifs is 1. The van der Waals surface area contributed by atoms with Crippen LogP contribution in [0.15, 0.2) is 85.2 Å². The van der Waals surface area contributed by atoms with Gasteiger partial charge in [-0.15, -0.1) is 0 Å². The Bertz CT molecular complexity index is 1370.